The number of aryl methyl sites for hydroxylation is 2. The van der Waals surface area contributed by atoms with Crippen LogP contribution >= 0.6 is 11.6 Å². The molecule has 0 bridgehead atoms. The Hall–Kier alpha value is -2.87. The molecule has 1 aromatic carbocycles. The number of benzene rings is 1. The third kappa shape index (κ3) is 3.40. The predicted molar refractivity (Wildman–Crippen MR) is 106 cm³/mol. The number of amides is 1. The quantitative estimate of drug-likeness (QED) is 0.560. The minimum atomic E-state index is -0.417. The lowest BCUT2D eigenvalue weighted by Crippen LogP contribution is -2.40. The Labute approximate surface area is 162 Å². The van der Waals surface area contributed by atoms with Crippen molar-refractivity contribution in [3.63, 3.8) is 0 Å². The van der Waals surface area contributed by atoms with Crippen molar-refractivity contribution in [2.24, 2.45) is 0 Å². The number of carbonyl (C=O) groups excluding carboxylic acids is 1. The molecule has 0 aliphatic carbocycles. The Balaban J connectivity index is 1.91. The van der Waals surface area contributed by atoms with Crippen molar-refractivity contribution in [3.8, 4) is 0 Å². The first kappa shape index (κ1) is 18.9. The number of hydrogen-bond donors (Lipinski definition) is 3. The molecule has 3 aromatic rings. The van der Waals surface area contributed by atoms with E-state index in [0.717, 1.165) is 29.9 Å². The van der Waals surface area contributed by atoms with Crippen LogP contribution in [0, 0.1) is 0 Å². The number of nitrogens with two attached hydrogens (primary N) is 1. The summed E-state index contributed by atoms with van der Waals surface area (Å²) in [5.41, 5.74) is 8.14. The Morgan fingerprint density at radius 1 is 1.30 bits per heavy atom. The molecule has 3 rings (SSSR count). The molecule has 8 nitrogen and oxygen atoms in total. The summed E-state index contributed by atoms with van der Waals surface area (Å²) in [6.07, 6.45) is 0. The zero-order valence-corrected chi connectivity index (χ0v) is 16.3. The Kier molecular flexibility index (Phi) is 5.46. The van der Waals surface area contributed by atoms with Gasteiger partial charge in [-0.05, 0) is 26.0 Å². The second-order valence-corrected chi connectivity index (χ2v) is 6.28. The van der Waals surface area contributed by atoms with Crippen LogP contribution in [-0.2, 0) is 19.6 Å². The average molecular weight is 389 g/mol. The fourth-order valence-corrected chi connectivity index (χ4v) is 3.46. The molecule has 0 radical (unpaired) electrons. The van der Waals surface area contributed by atoms with Crippen molar-refractivity contribution >= 4 is 40.2 Å². The van der Waals surface area contributed by atoms with Crippen LogP contribution < -0.4 is 20.9 Å². The van der Waals surface area contributed by atoms with Gasteiger partial charge in [0.15, 0.2) is 33.5 Å². The van der Waals surface area contributed by atoms with Crippen molar-refractivity contribution in [1.82, 2.24) is 19.9 Å². The van der Waals surface area contributed by atoms with Gasteiger partial charge in [0.1, 0.15) is 6.54 Å². The summed E-state index contributed by atoms with van der Waals surface area (Å²) in [4.78, 5) is 20.8. The highest BCUT2D eigenvalue weighted by Crippen LogP contribution is 2.20. The first-order chi connectivity index (χ1) is 13.0. The number of anilines is 2. The molecule has 27 heavy (non-hydrogen) atoms. The molecule has 2 aromatic heterocycles. The first-order valence-electron chi connectivity index (χ1n) is 8.80. The van der Waals surface area contributed by atoms with Gasteiger partial charge in [-0.2, -0.15) is 0 Å². The standard InChI is InChI=1S/C18H22ClN7O/c1-4-25-11-8-6-7-9-12(11)26(5-2)13(25)10-22-18(27)14-16(20)24-17(21-3)15(19)23-14/h6-9H,4-5,10H2,1-3H3,(H3-,20,21,22,24,27)/p+1. The van der Waals surface area contributed by atoms with E-state index in [1.165, 1.54) is 0 Å². The number of fused-ring (bicyclic) bond motifs is 1. The van der Waals surface area contributed by atoms with Crippen LogP contribution in [0.2, 0.25) is 5.15 Å². The molecule has 0 saturated carbocycles. The van der Waals surface area contributed by atoms with Gasteiger partial charge in [0.25, 0.3) is 11.7 Å². The van der Waals surface area contributed by atoms with Crippen LogP contribution in [0.15, 0.2) is 24.3 Å². The van der Waals surface area contributed by atoms with Gasteiger partial charge in [-0.25, -0.2) is 19.1 Å². The van der Waals surface area contributed by atoms with Crippen molar-refractivity contribution < 1.29 is 9.36 Å². The molecule has 4 N–H and O–H groups in total. The van der Waals surface area contributed by atoms with Crippen molar-refractivity contribution in [3.05, 3.63) is 40.9 Å². The number of imidazole rings is 1. The van der Waals surface area contributed by atoms with E-state index < -0.39 is 5.91 Å². The summed E-state index contributed by atoms with van der Waals surface area (Å²) in [5.74, 6) is 0.945. The molecule has 0 aliphatic heterocycles. The second kappa shape index (κ2) is 7.79. The average Bonchev–Trinajstić information content (AvgIpc) is 2.99. The van der Waals surface area contributed by atoms with E-state index in [4.69, 9.17) is 17.3 Å². The molecule has 1 amide bonds. The van der Waals surface area contributed by atoms with Crippen LogP contribution in [0.25, 0.3) is 11.0 Å². The lowest BCUT2D eigenvalue weighted by atomic mass is 10.3. The van der Waals surface area contributed by atoms with Crippen LogP contribution in [-0.4, -0.2) is 27.5 Å². The van der Waals surface area contributed by atoms with Crippen LogP contribution in [0.1, 0.15) is 30.2 Å². The fraction of sp³-hybridized carbons (Fsp3) is 0.333. The van der Waals surface area contributed by atoms with Gasteiger partial charge in [0.05, 0.1) is 13.1 Å². The van der Waals surface area contributed by atoms with E-state index in [9.17, 15) is 4.79 Å². The minimum absolute atomic E-state index is 0.0150. The molecule has 0 fully saturated rings. The number of hydrogen-bond acceptors (Lipinski definition) is 5. The maximum atomic E-state index is 12.6. The van der Waals surface area contributed by atoms with Gasteiger partial charge >= 0.3 is 0 Å². The van der Waals surface area contributed by atoms with Gasteiger partial charge in [-0.1, -0.05) is 23.7 Å². The third-order valence-electron chi connectivity index (χ3n) is 4.46. The van der Waals surface area contributed by atoms with E-state index in [-0.39, 0.29) is 16.7 Å². The lowest BCUT2D eigenvalue weighted by Gasteiger charge is -2.09. The summed E-state index contributed by atoms with van der Waals surface area (Å²) >= 11 is 6.03. The summed E-state index contributed by atoms with van der Waals surface area (Å²) in [6.45, 7) is 6.09. The number of aromatic nitrogens is 4. The summed E-state index contributed by atoms with van der Waals surface area (Å²) in [7, 11) is 1.65. The van der Waals surface area contributed by atoms with Gasteiger partial charge in [-0.15, -0.1) is 0 Å². The second-order valence-electron chi connectivity index (χ2n) is 5.92. The minimum Gasteiger partial charge on any atom is -0.382 e. The number of para-hydroxylation sites is 2. The Morgan fingerprint density at radius 2 is 2.04 bits per heavy atom. The number of nitrogen functional groups attached to an aromatic ring is 1. The maximum absolute atomic E-state index is 12.6. The van der Waals surface area contributed by atoms with Crippen molar-refractivity contribution in [2.75, 3.05) is 18.1 Å². The predicted octanol–water partition coefficient (Wildman–Crippen LogP) is 1.97. The van der Waals surface area contributed by atoms with E-state index in [0.29, 0.717) is 12.4 Å². The number of rotatable bonds is 6. The highest BCUT2D eigenvalue weighted by molar-refractivity contribution is 6.32. The summed E-state index contributed by atoms with van der Waals surface area (Å²) < 4.78 is 4.37. The van der Waals surface area contributed by atoms with Crippen LogP contribution in [0.4, 0.5) is 11.6 Å². The summed E-state index contributed by atoms with van der Waals surface area (Å²) in [5, 5.41) is 5.77. The number of nitrogens with zero attached hydrogens (tertiary/aromatic N) is 4. The van der Waals surface area contributed by atoms with Crippen molar-refractivity contribution in [2.45, 2.75) is 33.5 Å². The molecule has 0 atom stereocenters. The highest BCUT2D eigenvalue weighted by Gasteiger charge is 2.24. The molecule has 0 unspecified atom stereocenters. The van der Waals surface area contributed by atoms with Crippen LogP contribution in [0.3, 0.4) is 0 Å². The Morgan fingerprint density at radius 3 is 2.70 bits per heavy atom. The normalized spacial score (nSPS) is 11.0. The monoisotopic (exact) mass is 388 g/mol. The first-order valence-corrected chi connectivity index (χ1v) is 9.18. The molecule has 0 aliphatic rings. The molecule has 142 valence electrons. The smallest absolute Gasteiger partial charge is 0.277 e. The topological polar surface area (TPSA) is 102 Å². The number of nitrogens with one attached hydrogen (secondary N) is 2. The molecule has 0 spiro atoms. The van der Waals surface area contributed by atoms with Gasteiger partial charge < -0.3 is 16.4 Å². The zero-order valence-electron chi connectivity index (χ0n) is 15.6. The molecule has 0 saturated heterocycles. The van der Waals surface area contributed by atoms with Gasteiger partial charge in [0, 0.05) is 7.05 Å². The highest BCUT2D eigenvalue weighted by atomic mass is 35.5. The van der Waals surface area contributed by atoms with Crippen molar-refractivity contribution in [1.29, 1.82) is 0 Å². The van der Waals surface area contributed by atoms with Gasteiger partial charge in [0.2, 0.25) is 0 Å². The SMILES string of the molecule is CCn1c(CNC(=O)c2nc(Cl)c(NC)nc2N)[n+](CC)c2ccccc21. The van der Waals surface area contributed by atoms with E-state index in [1.54, 1.807) is 7.05 Å². The van der Waals surface area contributed by atoms with E-state index in [2.05, 4.69) is 55.7 Å². The number of halogens is 1. The van der Waals surface area contributed by atoms with Crippen LogP contribution in [0.5, 0.6) is 0 Å². The number of carbonyl (C=O) groups is 1. The largest absolute Gasteiger partial charge is 0.382 e. The van der Waals surface area contributed by atoms with Gasteiger partial charge in [-0.3, -0.25) is 4.79 Å². The lowest BCUT2D eigenvalue weighted by molar-refractivity contribution is -0.676. The third-order valence-corrected chi connectivity index (χ3v) is 4.72. The molecule has 9 heteroatoms. The maximum Gasteiger partial charge on any atom is 0.277 e. The Bertz CT molecular complexity index is 958. The zero-order chi connectivity index (χ0) is 19.6. The molecule has 2 heterocycles. The van der Waals surface area contributed by atoms with E-state index in [1.807, 2.05) is 12.1 Å². The van der Waals surface area contributed by atoms with E-state index >= 15 is 0 Å². The molecular weight excluding hydrogens is 366 g/mol. The fourth-order valence-electron chi connectivity index (χ4n) is 3.24. The molecular formula is C18H23ClN7O+. The summed E-state index contributed by atoms with van der Waals surface area (Å²) in [6, 6.07) is 8.18.